The molecule has 2 aromatic carbocycles. The van der Waals surface area contributed by atoms with Crippen molar-refractivity contribution in [1.29, 1.82) is 0 Å². The molecule has 212 valence electrons. The predicted molar refractivity (Wildman–Crippen MR) is 153 cm³/mol. The molecule has 0 aliphatic carbocycles. The first-order valence-corrected chi connectivity index (χ1v) is 13.6. The van der Waals surface area contributed by atoms with Gasteiger partial charge in [-0.2, -0.15) is 0 Å². The Balaban J connectivity index is 1.75. The molecule has 0 saturated carbocycles. The molecule has 0 fully saturated rings. The molecule has 1 aliphatic heterocycles. The van der Waals surface area contributed by atoms with Crippen LogP contribution in [0.4, 0.5) is 5.69 Å². The molecule has 1 aliphatic rings. The van der Waals surface area contributed by atoms with E-state index in [1.807, 2.05) is 52.0 Å². The highest BCUT2D eigenvalue weighted by molar-refractivity contribution is 6.31. The molecule has 6 N–H and O–H groups in total. The Morgan fingerprint density at radius 3 is 2.46 bits per heavy atom. The molecule has 1 heterocycles. The van der Waals surface area contributed by atoms with Crippen LogP contribution in [-0.4, -0.2) is 58.1 Å². The van der Waals surface area contributed by atoms with Gasteiger partial charge in [0.15, 0.2) is 0 Å². The monoisotopic (exact) mass is 557 g/mol. The number of nitrogens with one attached hydrogen (secondary N) is 3. The maximum absolute atomic E-state index is 13.6. The van der Waals surface area contributed by atoms with Gasteiger partial charge in [-0.3, -0.25) is 19.7 Å². The number of nitrogens with two attached hydrogens (primary N) is 1. The molecular weight excluding hydrogens is 518 g/mol. The lowest BCUT2D eigenvalue weighted by Crippen LogP contribution is -2.56. The van der Waals surface area contributed by atoms with Crippen LogP contribution in [0.1, 0.15) is 56.7 Å². The van der Waals surface area contributed by atoms with E-state index in [-0.39, 0.29) is 43.8 Å². The van der Waals surface area contributed by atoms with E-state index in [2.05, 4.69) is 16.0 Å². The zero-order chi connectivity index (χ0) is 28.7. The van der Waals surface area contributed by atoms with E-state index in [9.17, 15) is 19.5 Å². The highest BCUT2D eigenvalue weighted by Crippen LogP contribution is 2.25. The number of nitrogens with zero attached hydrogens (tertiary/aromatic N) is 1. The lowest BCUT2D eigenvalue weighted by molar-refractivity contribution is -0.143. The first-order valence-electron chi connectivity index (χ1n) is 13.3. The Hall–Kier alpha value is -2.98. The minimum absolute atomic E-state index is 0.0683. The van der Waals surface area contributed by atoms with Crippen molar-refractivity contribution >= 4 is 35.0 Å². The van der Waals surface area contributed by atoms with Crippen LogP contribution in [-0.2, 0) is 27.3 Å². The quantitative estimate of drug-likeness (QED) is 0.285. The summed E-state index contributed by atoms with van der Waals surface area (Å²) in [5.41, 5.74) is 8.78. The number of carbonyl (C=O) groups excluding carboxylic acids is 3. The predicted octanol–water partition coefficient (Wildman–Crippen LogP) is 2.86. The summed E-state index contributed by atoms with van der Waals surface area (Å²) in [4.78, 5) is 41.6. The number of carbonyl (C=O) groups is 3. The number of aryl methyl sites for hydroxylation is 1. The lowest BCUT2D eigenvalue weighted by Gasteiger charge is -2.37. The fourth-order valence-electron chi connectivity index (χ4n) is 4.65. The summed E-state index contributed by atoms with van der Waals surface area (Å²) in [6, 6.07) is 11.1. The number of fused-ring (bicyclic) bond motifs is 1. The maximum atomic E-state index is 13.6. The van der Waals surface area contributed by atoms with E-state index in [4.69, 9.17) is 17.3 Å². The van der Waals surface area contributed by atoms with E-state index in [0.717, 1.165) is 16.7 Å². The van der Waals surface area contributed by atoms with E-state index >= 15 is 0 Å². The SMILES string of the molecule is Cc1cc(NC(=O)[C@H](CCN)NC(=O)[C@@H]2Cc3ccccc3CN2C(=O)CCC(O)NC(C)(C)C)ccc1Cl. The number of amides is 3. The molecule has 0 spiro atoms. The topological polar surface area (TPSA) is 137 Å². The Kier molecular flexibility index (Phi) is 10.5. The van der Waals surface area contributed by atoms with Gasteiger partial charge in [0.25, 0.3) is 0 Å². The number of hydrogen-bond acceptors (Lipinski definition) is 6. The van der Waals surface area contributed by atoms with Gasteiger partial charge < -0.3 is 26.4 Å². The molecule has 9 nitrogen and oxygen atoms in total. The molecule has 0 aromatic heterocycles. The summed E-state index contributed by atoms with van der Waals surface area (Å²) >= 11 is 6.09. The highest BCUT2D eigenvalue weighted by Gasteiger charge is 2.36. The molecule has 1 unspecified atom stereocenters. The molecule has 39 heavy (non-hydrogen) atoms. The molecule has 3 rings (SSSR count). The molecule has 0 radical (unpaired) electrons. The molecule has 0 bridgehead atoms. The third kappa shape index (κ3) is 8.76. The van der Waals surface area contributed by atoms with E-state index < -0.39 is 30.1 Å². The van der Waals surface area contributed by atoms with Gasteiger partial charge >= 0.3 is 0 Å². The van der Waals surface area contributed by atoms with Gasteiger partial charge in [0.05, 0.1) is 0 Å². The zero-order valence-corrected chi connectivity index (χ0v) is 23.8. The summed E-state index contributed by atoms with van der Waals surface area (Å²) in [5, 5.41) is 19.6. The van der Waals surface area contributed by atoms with Crippen LogP contribution in [0, 0.1) is 6.92 Å². The number of aliphatic hydroxyl groups excluding tert-OH is 1. The van der Waals surface area contributed by atoms with Crippen molar-refractivity contribution in [3.8, 4) is 0 Å². The van der Waals surface area contributed by atoms with Crippen LogP contribution < -0.4 is 21.7 Å². The number of hydrogen-bond donors (Lipinski definition) is 5. The van der Waals surface area contributed by atoms with Gasteiger partial charge in [-0.05, 0) is 82.0 Å². The normalized spacial score (nSPS) is 16.7. The average molecular weight is 558 g/mol. The van der Waals surface area contributed by atoms with Crippen molar-refractivity contribution < 1.29 is 19.5 Å². The molecule has 3 amide bonds. The Bertz CT molecular complexity index is 1180. The average Bonchev–Trinajstić information content (AvgIpc) is 2.87. The van der Waals surface area contributed by atoms with Gasteiger partial charge in [0.2, 0.25) is 17.7 Å². The minimum atomic E-state index is -0.884. The van der Waals surface area contributed by atoms with Crippen LogP contribution in [0.5, 0.6) is 0 Å². The van der Waals surface area contributed by atoms with E-state index in [1.54, 1.807) is 23.1 Å². The van der Waals surface area contributed by atoms with Gasteiger partial charge in [0, 0.05) is 35.6 Å². The van der Waals surface area contributed by atoms with Gasteiger partial charge in [0.1, 0.15) is 18.3 Å². The Morgan fingerprint density at radius 1 is 1.13 bits per heavy atom. The maximum Gasteiger partial charge on any atom is 0.246 e. The lowest BCUT2D eigenvalue weighted by atomic mass is 9.92. The number of aliphatic hydroxyl groups is 1. The summed E-state index contributed by atoms with van der Waals surface area (Å²) in [5.74, 6) is -1.07. The minimum Gasteiger partial charge on any atom is -0.379 e. The van der Waals surface area contributed by atoms with Crippen molar-refractivity contribution in [3.05, 3.63) is 64.2 Å². The van der Waals surface area contributed by atoms with E-state index in [0.29, 0.717) is 17.1 Å². The van der Waals surface area contributed by atoms with Gasteiger partial charge in [-0.25, -0.2) is 0 Å². The van der Waals surface area contributed by atoms with Crippen molar-refractivity contribution in [2.45, 2.75) is 83.8 Å². The van der Waals surface area contributed by atoms with Crippen LogP contribution in [0.15, 0.2) is 42.5 Å². The van der Waals surface area contributed by atoms with Crippen LogP contribution in [0.25, 0.3) is 0 Å². The number of halogens is 1. The van der Waals surface area contributed by atoms with E-state index in [1.165, 1.54) is 0 Å². The second-order valence-corrected chi connectivity index (χ2v) is 11.5. The number of benzene rings is 2. The third-order valence-corrected chi connectivity index (χ3v) is 7.04. The third-order valence-electron chi connectivity index (χ3n) is 6.62. The summed E-state index contributed by atoms with van der Waals surface area (Å²) in [7, 11) is 0. The molecule has 2 aromatic rings. The first kappa shape index (κ1) is 30.6. The summed E-state index contributed by atoms with van der Waals surface area (Å²) < 4.78 is 0. The molecule has 0 saturated heterocycles. The van der Waals surface area contributed by atoms with Crippen LogP contribution >= 0.6 is 11.6 Å². The van der Waals surface area contributed by atoms with Gasteiger partial charge in [-0.1, -0.05) is 35.9 Å². The number of rotatable bonds is 10. The fraction of sp³-hybridized carbons (Fsp3) is 0.483. The Morgan fingerprint density at radius 2 is 1.82 bits per heavy atom. The summed E-state index contributed by atoms with van der Waals surface area (Å²) in [6.07, 6.45) is -0.0248. The molecule has 3 atom stereocenters. The standard InChI is InChI=1S/C29H40ClN5O4/c1-18-15-21(9-10-22(18)30)32-27(38)23(13-14-31)33-28(39)24-16-19-7-5-6-8-20(19)17-35(24)26(37)12-11-25(36)34-29(2,3)4/h5-10,15,23-25,34,36H,11-14,16-17,31H2,1-4H3,(H,32,38)(H,33,39)/t23-,24-,25?/m0/s1. The molecule has 10 heteroatoms. The van der Waals surface area contributed by atoms with Crippen molar-refractivity contribution in [3.63, 3.8) is 0 Å². The fourth-order valence-corrected chi connectivity index (χ4v) is 4.77. The first-order chi connectivity index (χ1) is 18.4. The Labute approximate surface area is 235 Å². The van der Waals surface area contributed by atoms with Crippen molar-refractivity contribution in [1.82, 2.24) is 15.5 Å². The van der Waals surface area contributed by atoms with Crippen molar-refractivity contribution in [2.75, 3.05) is 11.9 Å². The smallest absolute Gasteiger partial charge is 0.246 e. The largest absolute Gasteiger partial charge is 0.379 e. The molecular formula is C29H40ClN5O4. The van der Waals surface area contributed by atoms with Crippen LogP contribution in [0.3, 0.4) is 0 Å². The second kappa shape index (κ2) is 13.4. The highest BCUT2D eigenvalue weighted by atomic mass is 35.5. The summed E-state index contributed by atoms with van der Waals surface area (Å²) in [6.45, 7) is 8.09. The number of anilines is 1. The van der Waals surface area contributed by atoms with Crippen LogP contribution in [0.2, 0.25) is 5.02 Å². The zero-order valence-electron chi connectivity index (χ0n) is 23.1. The van der Waals surface area contributed by atoms with Crippen molar-refractivity contribution in [2.24, 2.45) is 5.73 Å². The van der Waals surface area contributed by atoms with Gasteiger partial charge in [-0.15, -0.1) is 0 Å². The second-order valence-electron chi connectivity index (χ2n) is 11.1.